The zero-order valence-electron chi connectivity index (χ0n) is 7.47. The van der Waals surface area contributed by atoms with Gasteiger partial charge in [0.25, 0.3) is 5.88 Å². The molecule has 0 radical (unpaired) electrons. The van der Waals surface area contributed by atoms with Crippen molar-refractivity contribution in [3.05, 3.63) is 35.9 Å². The predicted molar refractivity (Wildman–Crippen MR) is 51.5 cm³/mol. The minimum Gasteiger partial charge on any atom is -0.491 e. The Morgan fingerprint density at radius 1 is 1.36 bits per heavy atom. The molecule has 0 spiro atoms. The summed E-state index contributed by atoms with van der Waals surface area (Å²) in [5.74, 6) is 0.412. The molecule has 0 aliphatic carbocycles. The molecule has 2 rings (SSSR count). The first-order valence-corrected chi connectivity index (χ1v) is 4.25. The van der Waals surface area contributed by atoms with E-state index in [9.17, 15) is 0 Å². The van der Waals surface area contributed by atoms with Crippen molar-refractivity contribution in [2.45, 2.75) is 6.54 Å². The summed E-state index contributed by atoms with van der Waals surface area (Å²) in [5, 5.41) is 12.5. The summed E-state index contributed by atoms with van der Waals surface area (Å²) in [6.07, 6.45) is 0. The zero-order valence-corrected chi connectivity index (χ0v) is 7.47. The van der Waals surface area contributed by atoms with E-state index in [1.165, 1.54) is 6.07 Å². The fraction of sp³-hybridized carbons (Fsp3) is 0.100. The number of aromatic hydroxyl groups is 1. The third-order valence-electron chi connectivity index (χ3n) is 2.00. The number of hydrogen-bond donors (Lipinski definition) is 2. The second kappa shape index (κ2) is 3.51. The molecule has 4 heteroatoms. The standard InChI is InChI=1S/C10H10N2O2/c11-6-7-3-1-2-4-8(7)9-5-10(13)12-14-9/h1-5H,6,11H2,(H,12,13). The number of rotatable bonds is 2. The van der Waals surface area contributed by atoms with Gasteiger partial charge in [-0.1, -0.05) is 24.3 Å². The maximum absolute atomic E-state index is 9.04. The van der Waals surface area contributed by atoms with Crippen LogP contribution >= 0.6 is 0 Å². The summed E-state index contributed by atoms with van der Waals surface area (Å²) < 4.78 is 4.94. The molecule has 3 N–H and O–H groups in total. The van der Waals surface area contributed by atoms with Crippen LogP contribution < -0.4 is 5.73 Å². The Bertz CT molecular complexity index is 437. The normalized spacial score (nSPS) is 10.4. The summed E-state index contributed by atoms with van der Waals surface area (Å²) in [6.45, 7) is 0.428. The van der Waals surface area contributed by atoms with Gasteiger partial charge in [-0.2, -0.15) is 0 Å². The fourth-order valence-electron chi connectivity index (χ4n) is 1.33. The van der Waals surface area contributed by atoms with Crippen LogP contribution in [0.5, 0.6) is 5.88 Å². The van der Waals surface area contributed by atoms with Crippen molar-refractivity contribution >= 4 is 0 Å². The van der Waals surface area contributed by atoms with Crippen LogP contribution in [-0.4, -0.2) is 10.3 Å². The van der Waals surface area contributed by atoms with Gasteiger partial charge in [0, 0.05) is 18.2 Å². The second-order valence-electron chi connectivity index (χ2n) is 2.91. The molecule has 72 valence electrons. The topological polar surface area (TPSA) is 72.3 Å². The quantitative estimate of drug-likeness (QED) is 0.752. The molecule has 1 aromatic carbocycles. The lowest BCUT2D eigenvalue weighted by Crippen LogP contribution is -1.97. The van der Waals surface area contributed by atoms with Crippen molar-refractivity contribution in [3.8, 4) is 17.2 Å². The molecule has 0 aliphatic rings. The predicted octanol–water partition coefficient (Wildman–Crippen LogP) is 1.51. The van der Waals surface area contributed by atoms with Gasteiger partial charge in [-0.25, -0.2) is 0 Å². The zero-order chi connectivity index (χ0) is 9.97. The van der Waals surface area contributed by atoms with Crippen molar-refractivity contribution in [1.82, 2.24) is 5.16 Å². The van der Waals surface area contributed by atoms with Crippen LogP contribution in [0.2, 0.25) is 0 Å². The molecular formula is C10H10N2O2. The Kier molecular flexibility index (Phi) is 2.20. The van der Waals surface area contributed by atoms with E-state index in [4.69, 9.17) is 15.4 Å². The van der Waals surface area contributed by atoms with Gasteiger partial charge in [0.15, 0.2) is 5.76 Å². The van der Waals surface area contributed by atoms with E-state index >= 15 is 0 Å². The molecule has 14 heavy (non-hydrogen) atoms. The lowest BCUT2D eigenvalue weighted by atomic mass is 10.1. The molecule has 0 atom stereocenters. The third-order valence-corrected chi connectivity index (χ3v) is 2.00. The molecule has 0 saturated heterocycles. The molecule has 1 aromatic heterocycles. The molecule has 4 nitrogen and oxygen atoms in total. The molecule has 0 fully saturated rings. The van der Waals surface area contributed by atoms with Crippen molar-refractivity contribution in [3.63, 3.8) is 0 Å². The second-order valence-corrected chi connectivity index (χ2v) is 2.91. The molecule has 0 saturated carbocycles. The highest BCUT2D eigenvalue weighted by Crippen LogP contribution is 2.25. The van der Waals surface area contributed by atoms with E-state index in [1.54, 1.807) is 0 Å². The number of nitrogens with zero attached hydrogens (tertiary/aromatic N) is 1. The lowest BCUT2D eigenvalue weighted by molar-refractivity contribution is 0.365. The van der Waals surface area contributed by atoms with Crippen molar-refractivity contribution < 1.29 is 9.63 Å². The highest BCUT2D eigenvalue weighted by Gasteiger charge is 2.08. The average molecular weight is 190 g/mol. The van der Waals surface area contributed by atoms with Crippen LogP contribution in [0.4, 0.5) is 0 Å². The summed E-state index contributed by atoms with van der Waals surface area (Å²) >= 11 is 0. The summed E-state index contributed by atoms with van der Waals surface area (Å²) in [4.78, 5) is 0. The van der Waals surface area contributed by atoms with E-state index in [0.717, 1.165) is 11.1 Å². The van der Waals surface area contributed by atoms with Crippen molar-refractivity contribution in [1.29, 1.82) is 0 Å². The van der Waals surface area contributed by atoms with E-state index in [2.05, 4.69) is 5.16 Å². The van der Waals surface area contributed by atoms with E-state index in [0.29, 0.717) is 12.3 Å². The highest BCUT2D eigenvalue weighted by molar-refractivity contribution is 5.62. The monoisotopic (exact) mass is 190 g/mol. The smallest absolute Gasteiger partial charge is 0.252 e. The first-order valence-electron chi connectivity index (χ1n) is 4.25. The third kappa shape index (κ3) is 1.47. The average Bonchev–Trinajstić information content (AvgIpc) is 2.65. The lowest BCUT2D eigenvalue weighted by Gasteiger charge is -2.02. The Morgan fingerprint density at radius 2 is 2.14 bits per heavy atom. The van der Waals surface area contributed by atoms with Crippen LogP contribution in [0.25, 0.3) is 11.3 Å². The number of hydrogen-bond acceptors (Lipinski definition) is 4. The number of aromatic nitrogens is 1. The summed E-state index contributed by atoms with van der Waals surface area (Å²) in [6, 6.07) is 9.04. The van der Waals surface area contributed by atoms with Gasteiger partial charge < -0.3 is 15.4 Å². The first kappa shape index (κ1) is 8.77. The van der Waals surface area contributed by atoms with Crippen LogP contribution in [0.3, 0.4) is 0 Å². The Hall–Kier alpha value is -1.81. The van der Waals surface area contributed by atoms with Gasteiger partial charge in [0.05, 0.1) is 0 Å². The van der Waals surface area contributed by atoms with Crippen LogP contribution in [-0.2, 0) is 6.54 Å². The summed E-state index contributed by atoms with van der Waals surface area (Å²) in [5.41, 5.74) is 7.40. The molecule has 0 bridgehead atoms. The molecule has 1 heterocycles. The molecule has 0 aliphatic heterocycles. The Balaban J connectivity index is 2.50. The molecule has 0 unspecified atom stereocenters. The Labute approximate surface area is 81.0 Å². The minimum atomic E-state index is -0.119. The van der Waals surface area contributed by atoms with Crippen LogP contribution in [0.15, 0.2) is 34.9 Å². The van der Waals surface area contributed by atoms with E-state index in [1.807, 2.05) is 24.3 Å². The van der Waals surface area contributed by atoms with Gasteiger partial charge in [-0.05, 0) is 10.7 Å². The number of nitrogens with two attached hydrogens (primary N) is 1. The van der Waals surface area contributed by atoms with Gasteiger partial charge >= 0.3 is 0 Å². The minimum absolute atomic E-state index is 0.119. The fourth-order valence-corrected chi connectivity index (χ4v) is 1.33. The largest absolute Gasteiger partial charge is 0.491 e. The maximum Gasteiger partial charge on any atom is 0.252 e. The first-order chi connectivity index (χ1) is 6.81. The summed E-state index contributed by atoms with van der Waals surface area (Å²) in [7, 11) is 0. The van der Waals surface area contributed by atoms with Crippen molar-refractivity contribution in [2.75, 3.05) is 0 Å². The van der Waals surface area contributed by atoms with E-state index in [-0.39, 0.29) is 5.88 Å². The molecular weight excluding hydrogens is 180 g/mol. The van der Waals surface area contributed by atoms with Gasteiger partial charge in [0.1, 0.15) is 0 Å². The maximum atomic E-state index is 9.04. The van der Waals surface area contributed by atoms with Crippen molar-refractivity contribution in [2.24, 2.45) is 5.73 Å². The van der Waals surface area contributed by atoms with Gasteiger partial charge in [0.2, 0.25) is 0 Å². The SMILES string of the molecule is NCc1ccccc1-c1cc(O)no1. The van der Waals surface area contributed by atoms with Gasteiger partial charge in [-0.3, -0.25) is 0 Å². The van der Waals surface area contributed by atoms with Crippen LogP contribution in [0, 0.1) is 0 Å². The van der Waals surface area contributed by atoms with Gasteiger partial charge in [-0.15, -0.1) is 0 Å². The number of benzene rings is 1. The Morgan fingerprint density at radius 3 is 2.79 bits per heavy atom. The highest BCUT2D eigenvalue weighted by atomic mass is 16.5. The molecule has 0 amide bonds. The molecule has 2 aromatic rings. The van der Waals surface area contributed by atoms with E-state index < -0.39 is 0 Å². The van der Waals surface area contributed by atoms with Crippen LogP contribution in [0.1, 0.15) is 5.56 Å².